The maximum Gasteiger partial charge on any atom is 0.0925 e. The molecule has 0 saturated carbocycles. The number of hydrogen-bond acceptors (Lipinski definition) is 2. The van der Waals surface area contributed by atoms with Crippen LogP contribution in [0, 0.1) is 0 Å². The van der Waals surface area contributed by atoms with Crippen LogP contribution in [0.1, 0.15) is 17.8 Å². The minimum Gasteiger partial charge on any atom is -0.348 e. The topological polar surface area (TPSA) is 54.7 Å². The molecule has 70 valence electrons. The summed E-state index contributed by atoms with van der Waals surface area (Å²) in [5.74, 6) is 0. The van der Waals surface area contributed by atoms with E-state index in [1.807, 2.05) is 0 Å². The van der Waals surface area contributed by atoms with E-state index in [2.05, 4.69) is 9.97 Å². The lowest BCUT2D eigenvalue weighted by Crippen LogP contribution is -2.27. The summed E-state index contributed by atoms with van der Waals surface area (Å²) in [5, 5.41) is 0. The number of imidazole rings is 1. The number of fused-ring (bicyclic) bond motifs is 1. The monoisotopic (exact) mass is 209 g/mol. The van der Waals surface area contributed by atoms with E-state index in [9.17, 15) is 0 Å². The van der Waals surface area contributed by atoms with Gasteiger partial charge in [0.15, 0.2) is 0 Å². The van der Waals surface area contributed by atoms with E-state index in [0.717, 1.165) is 19.3 Å². The number of rotatable bonds is 0. The molecule has 1 heterocycles. The van der Waals surface area contributed by atoms with Crippen LogP contribution < -0.4 is 5.73 Å². The molecule has 0 radical (unpaired) electrons. The Kier molecular flexibility index (Phi) is 4.60. The van der Waals surface area contributed by atoms with Crippen LogP contribution in [0.2, 0.25) is 0 Å². The van der Waals surface area contributed by atoms with Gasteiger partial charge in [0.1, 0.15) is 0 Å². The summed E-state index contributed by atoms with van der Waals surface area (Å²) in [6, 6.07) is 0.341. The second-order valence-corrected chi connectivity index (χ2v) is 2.83. The van der Waals surface area contributed by atoms with Crippen molar-refractivity contribution in [1.82, 2.24) is 9.97 Å². The molecular formula is C7H13Cl2N3. The van der Waals surface area contributed by atoms with Gasteiger partial charge in [-0.25, -0.2) is 4.98 Å². The number of aromatic amines is 1. The Bertz CT molecular complexity index is 236. The highest BCUT2D eigenvalue weighted by Gasteiger charge is 2.16. The molecule has 0 bridgehead atoms. The quantitative estimate of drug-likeness (QED) is 0.672. The van der Waals surface area contributed by atoms with Crippen LogP contribution in [0.15, 0.2) is 6.33 Å². The fourth-order valence-corrected chi connectivity index (χ4v) is 1.43. The molecule has 0 aliphatic heterocycles. The van der Waals surface area contributed by atoms with Gasteiger partial charge in [0, 0.05) is 18.2 Å². The van der Waals surface area contributed by atoms with E-state index < -0.39 is 0 Å². The molecule has 12 heavy (non-hydrogen) atoms. The first-order chi connectivity index (χ1) is 4.86. The van der Waals surface area contributed by atoms with E-state index in [1.54, 1.807) is 6.33 Å². The molecule has 0 fully saturated rings. The smallest absolute Gasteiger partial charge is 0.0925 e. The van der Waals surface area contributed by atoms with Gasteiger partial charge in [-0.1, -0.05) is 0 Å². The highest BCUT2D eigenvalue weighted by Crippen LogP contribution is 2.15. The van der Waals surface area contributed by atoms with E-state index in [4.69, 9.17) is 5.73 Å². The molecule has 0 spiro atoms. The Morgan fingerprint density at radius 2 is 2.25 bits per heavy atom. The SMILES string of the molecule is Cl.Cl.NC1CCc2nc[nH]c2C1. The first kappa shape index (κ1) is 11.8. The average molecular weight is 210 g/mol. The third-order valence-electron chi connectivity index (χ3n) is 2.03. The zero-order chi connectivity index (χ0) is 6.97. The standard InChI is InChI=1S/C7H11N3.2ClH/c8-5-1-2-6-7(3-5)10-4-9-6;;/h4-5H,1-3,8H2,(H,9,10);2*1H. The highest BCUT2D eigenvalue weighted by molar-refractivity contribution is 5.85. The van der Waals surface area contributed by atoms with Crippen LogP contribution >= 0.6 is 24.8 Å². The van der Waals surface area contributed by atoms with Crippen molar-refractivity contribution in [3.05, 3.63) is 17.7 Å². The summed E-state index contributed by atoms with van der Waals surface area (Å²) >= 11 is 0. The maximum absolute atomic E-state index is 5.76. The highest BCUT2D eigenvalue weighted by atomic mass is 35.5. The van der Waals surface area contributed by atoms with Crippen LogP contribution in [0.3, 0.4) is 0 Å². The third kappa shape index (κ3) is 2.12. The largest absolute Gasteiger partial charge is 0.348 e. The van der Waals surface area contributed by atoms with Gasteiger partial charge >= 0.3 is 0 Å². The average Bonchev–Trinajstić information content (AvgIpc) is 2.33. The number of hydrogen-bond donors (Lipinski definition) is 2. The molecule has 0 aromatic carbocycles. The van der Waals surface area contributed by atoms with Crippen LogP contribution in [-0.4, -0.2) is 16.0 Å². The normalized spacial score (nSPS) is 20.2. The zero-order valence-electron chi connectivity index (χ0n) is 6.62. The third-order valence-corrected chi connectivity index (χ3v) is 2.03. The molecule has 1 aromatic heterocycles. The molecule has 1 aliphatic carbocycles. The Morgan fingerprint density at radius 1 is 1.50 bits per heavy atom. The van der Waals surface area contributed by atoms with Crippen molar-refractivity contribution in [1.29, 1.82) is 0 Å². The van der Waals surface area contributed by atoms with Crippen LogP contribution in [-0.2, 0) is 12.8 Å². The first-order valence-corrected chi connectivity index (χ1v) is 3.63. The first-order valence-electron chi connectivity index (χ1n) is 3.63. The summed E-state index contributed by atoms with van der Waals surface area (Å²) in [6.07, 6.45) is 4.84. The molecule has 1 aromatic rings. The van der Waals surface area contributed by atoms with Gasteiger partial charge < -0.3 is 10.7 Å². The summed E-state index contributed by atoms with van der Waals surface area (Å²) in [4.78, 5) is 7.28. The summed E-state index contributed by atoms with van der Waals surface area (Å²) < 4.78 is 0. The predicted octanol–water partition coefficient (Wildman–Crippen LogP) is 1.07. The molecule has 5 heteroatoms. The molecule has 1 atom stereocenters. The van der Waals surface area contributed by atoms with Crippen LogP contribution in [0.25, 0.3) is 0 Å². The van der Waals surface area contributed by atoms with Gasteiger partial charge in [0.25, 0.3) is 0 Å². The van der Waals surface area contributed by atoms with Gasteiger partial charge in [-0.15, -0.1) is 24.8 Å². The summed E-state index contributed by atoms with van der Waals surface area (Å²) in [6.45, 7) is 0. The van der Waals surface area contributed by atoms with Crippen molar-refractivity contribution in [2.24, 2.45) is 5.73 Å². The van der Waals surface area contributed by atoms with Crippen LogP contribution in [0.5, 0.6) is 0 Å². The van der Waals surface area contributed by atoms with Gasteiger partial charge in [0.05, 0.1) is 12.0 Å². The van der Waals surface area contributed by atoms with Crippen molar-refractivity contribution in [2.75, 3.05) is 0 Å². The van der Waals surface area contributed by atoms with Crippen LogP contribution in [0.4, 0.5) is 0 Å². The fraction of sp³-hybridized carbons (Fsp3) is 0.571. The molecule has 2 rings (SSSR count). The molecule has 1 aliphatic rings. The van der Waals surface area contributed by atoms with E-state index in [-0.39, 0.29) is 24.8 Å². The second kappa shape index (κ2) is 4.70. The van der Waals surface area contributed by atoms with E-state index in [1.165, 1.54) is 11.4 Å². The van der Waals surface area contributed by atoms with Crippen molar-refractivity contribution < 1.29 is 0 Å². The van der Waals surface area contributed by atoms with Crippen molar-refractivity contribution >= 4 is 24.8 Å². The Balaban J connectivity index is 0.000000605. The Hall–Kier alpha value is -0.250. The maximum atomic E-state index is 5.76. The molecule has 3 nitrogen and oxygen atoms in total. The van der Waals surface area contributed by atoms with Crippen molar-refractivity contribution in [3.8, 4) is 0 Å². The van der Waals surface area contributed by atoms with Gasteiger partial charge in [-0.3, -0.25) is 0 Å². The predicted molar refractivity (Wildman–Crippen MR) is 53.1 cm³/mol. The number of H-pyrrole nitrogens is 1. The lowest BCUT2D eigenvalue weighted by atomic mass is 9.97. The Morgan fingerprint density at radius 3 is 3.00 bits per heavy atom. The zero-order valence-corrected chi connectivity index (χ0v) is 8.25. The van der Waals surface area contributed by atoms with E-state index >= 15 is 0 Å². The molecule has 1 unspecified atom stereocenters. The minimum absolute atomic E-state index is 0. The van der Waals surface area contributed by atoms with Gasteiger partial charge in [-0.05, 0) is 12.8 Å². The number of aromatic nitrogens is 2. The second-order valence-electron chi connectivity index (χ2n) is 2.83. The number of aryl methyl sites for hydroxylation is 1. The molecule has 0 saturated heterocycles. The van der Waals surface area contributed by atoms with E-state index in [0.29, 0.717) is 6.04 Å². The molecule has 3 N–H and O–H groups in total. The Labute approximate surface area is 84.0 Å². The number of halogens is 2. The lowest BCUT2D eigenvalue weighted by Gasteiger charge is -2.16. The van der Waals surface area contributed by atoms with Crippen molar-refractivity contribution in [3.63, 3.8) is 0 Å². The van der Waals surface area contributed by atoms with Gasteiger partial charge in [-0.2, -0.15) is 0 Å². The molecular weight excluding hydrogens is 197 g/mol. The number of nitrogens with two attached hydrogens (primary N) is 1. The summed E-state index contributed by atoms with van der Waals surface area (Å²) in [7, 11) is 0. The number of nitrogens with zero attached hydrogens (tertiary/aromatic N) is 1. The van der Waals surface area contributed by atoms with Crippen molar-refractivity contribution in [2.45, 2.75) is 25.3 Å². The lowest BCUT2D eigenvalue weighted by molar-refractivity contribution is 0.565. The minimum atomic E-state index is 0. The van der Waals surface area contributed by atoms with Gasteiger partial charge in [0.2, 0.25) is 0 Å². The number of nitrogens with one attached hydrogen (secondary N) is 1. The fourth-order valence-electron chi connectivity index (χ4n) is 1.43. The molecule has 0 amide bonds. The summed E-state index contributed by atoms with van der Waals surface area (Å²) in [5.41, 5.74) is 8.21.